The first-order chi connectivity index (χ1) is 7.34. The molecule has 0 spiro atoms. The van der Waals surface area contributed by atoms with Crippen LogP contribution in [0.5, 0.6) is 0 Å². The van der Waals surface area contributed by atoms with Crippen molar-refractivity contribution in [1.29, 1.82) is 0 Å². The van der Waals surface area contributed by atoms with Crippen molar-refractivity contribution >= 4 is 35.7 Å². The summed E-state index contributed by atoms with van der Waals surface area (Å²) in [7, 11) is 0. The Morgan fingerprint density at radius 3 is 3.06 bits per heavy atom. The molecule has 0 saturated heterocycles. The summed E-state index contributed by atoms with van der Waals surface area (Å²) in [6.45, 7) is 0. The van der Waals surface area contributed by atoms with E-state index in [1.807, 2.05) is 17.7 Å². The number of halogens is 1. The molecule has 2 rings (SSSR count). The molecule has 0 aromatic carbocycles. The van der Waals surface area contributed by atoms with Gasteiger partial charge in [0.2, 0.25) is 0 Å². The van der Waals surface area contributed by atoms with E-state index in [2.05, 4.69) is 16.1 Å². The van der Waals surface area contributed by atoms with Gasteiger partial charge in [-0.3, -0.25) is 4.99 Å². The summed E-state index contributed by atoms with van der Waals surface area (Å²) < 4.78 is 0. The molecule has 2 heterocycles. The van der Waals surface area contributed by atoms with E-state index < -0.39 is 0 Å². The van der Waals surface area contributed by atoms with E-state index in [-0.39, 0.29) is 18.4 Å². The number of nitrogens with two attached hydrogens (primary N) is 1. The molecule has 1 unspecified atom stereocenters. The SMILES string of the molecule is Cl.NC1=NC(C=Cc2nccs2)CCCC1. The Morgan fingerprint density at radius 1 is 1.44 bits per heavy atom. The maximum atomic E-state index is 5.78. The number of hydrogen-bond donors (Lipinski definition) is 1. The zero-order valence-electron chi connectivity index (χ0n) is 9.00. The molecule has 1 atom stereocenters. The third-order valence-electron chi connectivity index (χ3n) is 2.43. The maximum Gasteiger partial charge on any atom is 0.115 e. The van der Waals surface area contributed by atoms with Gasteiger partial charge >= 0.3 is 0 Å². The number of hydrogen-bond acceptors (Lipinski definition) is 4. The first kappa shape index (κ1) is 13.2. The number of rotatable bonds is 2. The van der Waals surface area contributed by atoms with Crippen LogP contribution in [0, 0.1) is 0 Å². The lowest BCUT2D eigenvalue weighted by molar-refractivity contribution is 0.669. The van der Waals surface area contributed by atoms with Gasteiger partial charge in [-0.15, -0.1) is 23.7 Å². The van der Waals surface area contributed by atoms with Crippen molar-refractivity contribution in [2.45, 2.75) is 31.7 Å². The van der Waals surface area contributed by atoms with Crippen LogP contribution >= 0.6 is 23.7 Å². The van der Waals surface area contributed by atoms with E-state index in [4.69, 9.17) is 5.73 Å². The summed E-state index contributed by atoms with van der Waals surface area (Å²) in [5.41, 5.74) is 5.78. The summed E-state index contributed by atoms with van der Waals surface area (Å²) in [6.07, 6.45) is 10.4. The van der Waals surface area contributed by atoms with Crippen LogP contribution < -0.4 is 5.73 Å². The predicted molar refractivity (Wildman–Crippen MR) is 72.3 cm³/mol. The normalized spacial score (nSPS) is 21.2. The topological polar surface area (TPSA) is 51.3 Å². The van der Waals surface area contributed by atoms with E-state index in [1.54, 1.807) is 11.3 Å². The van der Waals surface area contributed by atoms with E-state index in [1.165, 1.54) is 6.42 Å². The zero-order chi connectivity index (χ0) is 10.5. The van der Waals surface area contributed by atoms with Crippen molar-refractivity contribution < 1.29 is 0 Å². The molecule has 1 aliphatic rings. The fourth-order valence-electron chi connectivity index (χ4n) is 1.65. The summed E-state index contributed by atoms with van der Waals surface area (Å²) in [5.74, 6) is 0.793. The lowest BCUT2D eigenvalue weighted by Gasteiger charge is -2.03. The van der Waals surface area contributed by atoms with Crippen molar-refractivity contribution in [2.75, 3.05) is 0 Å². The standard InChI is InChI=1S/C11H15N3S.ClH/c12-10-4-2-1-3-9(14-10)5-6-11-13-7-8-15-11;/h5-9H,1-4H2,(H2,12,14);1H. The highest BCUT2D eigenvalue weighted by atomic mass is 35.5. The van der Waals surface area contributed by atoms with Crippen LogP contribution in [0.3, 0.4) is 0 Å². The predicted octanol–water partition coefficient (Wildman–Crippen LogP) is 2.88. The molecule has 0 bridgehead atoms. The van der Waals surface area contributed by atoms with Crippen LogP contribution in [-0.4, -0.2) is 16.9 Å². The number of thiazole rings is 1. The Labute approximate surface area is 106 Å². The molecular weight excluding hydrogens is 242 g/mol. The van der Waals surface area contributed by atoms with Gasteiger partial charge in [-0.1, -0.05) is 12.5 Å². The first-order valence-electron chi connectivity index (χ1n) is 5.24. The van der Waals surface area contributed by atoms with E-state index in [0.29, 0.717) is 0 Å². The van der Waals surface area contributed by atoms with Crippen LogP contribution in [0.25, 0.3) is 6.08 Å². The molecule has 0 aliphatic carbocycles. The molecule has 2 N–H and O–H groups in total. The van der Waals surface area contributed by atoms with Crippen molar-refractivity contribution in [1.82, 2.24) is 4.98 Å². The summed E-state index contributed by atoms with van der Waals surface area (Å²) in [5, 5.41) is 3.01. The summed E-state index contributed by atoms with van der Waals surface area (Å²) in [6, 6.07) is 0.247. The maximum absolute atomic E-state index is 5.78. The Balaban J connectivity index is 0.00000128. The zero-order valence-corrected chi connectivity index (χ0v) is 10.6. The molecule has 0 radical (unpaired) electrons. The summed E-state index contributed by atoms with van der Waals surface area (Å²) in [4.78, 5) is 8.65. The van der Waals surface area contributed by atoms with Gasteiger partial charge in [0.15, 0.2) is 0 Å². The molecule has 0 fully saturated rings. The van der Waals surface area contributed by atoms with Gasteiger partial charge in [-0.25, -0.2) is 4.98 Å². The molecule has 0 amide bonds. The molecule has 0 saturated carbocycles. The fraction of sp³-hybridized carbons (Fsp3) is 0.455. The molecule has 16 heavy (non-hydrogen) atoms. The second kappa shape index (κ2) is 6.66. The number of aromatic nitrogens is 1. The average molecular weight is 258 g/mol. The molecule has 1 aromatic rings. The largest absolute Gasteiger partial charge is 0.387 e. The highest BCUT2D eigenvalue weighted by Crippen LogP contribution is 2.15. The minimum atomic E-state index is 0. The molecule has 88 valence electrons. The van der Waals surface area contributed by atoms with E-state index >= 15 is 0 Å². The highest BCUT2D eigenvalue weighted by molar-refractivity contribution is 7.10. The number of amidine groups is 1. The minimum Gasteiger partial charge on any atom is -0.387 e. The molecule has 5 heteroatoms. The van der Waals surface area contributed by atoms with Gasteiger partial charge < -0.3 is 5.73 Å². The van der Waals surface area contributed by atoms with Crippen LogP contribution in [0.15, 0.2) is 22.6 Å². The van der Waals surface area contributed by atoms with Gasteiger partial charge in [0, 0.05) is 18.0 Å². The fourth-order valence-corrected chi connectivity index (χ4v) is 2.19. The molecule has 1 aromatic heterocycles. The van der Waals surface area contributed by atoms with Crippen LogP contribution in [0.1, 0.15) is 30.7 Å². The third kappa shape index (κ3) is 3.94. The lowest BCUT2D eigenvalue weighted by Crippen LogP contribution is -2.12. The molecule has 3 nitrogen and oxygen atoms in total. The third-order valence-corrected chi connectivity index (χ3v) is 3.17. The minimum absolute atomic E-state index is 0. The van der Waals surface area contributed by atoms with Crippen molar-refractivity contribution in [3.63, 3.8) is 0 Å². The van der Waals surface area contributed by atoms with Gasteiger partial charge in [0.05, 0.1) is 11.9 Å². The first-order valence-corrected chi connectivity index (χ1v) is 6.12. The monoisotopic (exact) mass is 257 g/mol. The van der Waals surface area contributed by atoms with Crippen molar-refractivity contribution in [3.8, 4) is 0 Å². The quantitative estimate of drug-likeness (QED) is 0.886. The van der Waals surface area contributed by atoms with Gasteiger partial charge in [0.25, 0.3) is 0 Å². The Bertz CT molecular complexity index is 359. The second-order valence-electron chi connectivity index (χ2n) is 3.66. The highest BCUT2D eigenvalue weighted by Gasteiger charge is 2.08. The Morgan fingerprint density at radius 2 is 2.31 bits per heavy atom. The van der Waals surface area contributed by atoms with Crippen LogP contribution in [-0.2, 0) is 0 Å². The average Bonchev–Trinajstić information content (AvgIpc) is 2.65. The smallest absolute Gasteiger partial charge is 0.115 e. The van der Waals surface area contributed by atoms with E-state index in [9.17, 15) is 0 Å². The Hall–Kier alpha value is -0.870. The number of aliphatic imine (C=N–C) groups is 1. The number of nitrogens with zero attached hydrogens (tertiary/aromatic N) is 2. The van der Waals surface area contributed by atoms with Gasteiger partial charge in [-0.05, 0) is 18.9 Å². The van der Waals surface area contributed by atoms with Gasteiger partial charge in [0.1, 0.15) is 5.01 Å². The van der Waals surface area contributed by atoms with Crippen molar-refractivity contribution in [2.24, 2.45) is 10.7 Å². The molecular formula is C11H16ClN3S. The second-order valence-corrected chi connectivity index (χ2v) is 4.59. The lowest BCUT2D eigenvalue weighted by atomic mass is 10.1. The van der Waals surface area contributed by atoms with Crippen molar-refractivity contribution in [3.05, 3.63) is 22.7 Å². The Kier molecular flexibility index (Phi) is 5.49. The van der Waals surface area contributed by atoms with Crippen LogP contribution in [0.4, 0.5) is 0 Å². The van der Waals surface area contributed by atoms with Gasteiger partial charge in [-0.2, -0.15) is 0 Å². The molecule has 1 aliphatic heterocycles. The van der Waals surface area contributed by atoms with Crippen LogP contribution in [0.2, 0.25) is 0 Å². The summed E-state index contributed by atoms with van der Waals surface area (Å²) >= 11 is 1.64. The van der Waals surface area contributed by atoms with E-state index in [0.717, 1.165) is 30.1 Å².